The van der Waals surface area contributed by atoms with Crippen molar-refractivity contribution in [2.45, 2.75) is 12.5 Å². The molecule has 0 bridgehead atoms. The molecule has 3 nitrogen and oxygen atoms in total. The quantitative estimate of drug-likeness (QED) is 0.841. The fraction of sp³-hybridized carbons (Fsp3) is 0.222. The summed E-state index contributed by atoms with van der Waals surface area (Å²) in [6.07, 6.45) is 0. The molecule has 0 fully saturated rings. The lowest BCUT2D eigenvalue weighted by atomic mass is 10.1. The SMILES string of the molecule is O=C(O)c1cc(CCl)c(F)c(OC(F)F)c1. The normalized spacial score (nSPS) is 10.6. The smallest absolute Gasteiger partial charge is 0.387 e. The molecular weight excluding hydrogens is 249 g/mol. The maximum absolute atomic E-state index is 13.3. The first kappa shape index (κ1) is 12.6. The molecule has 88 valence electrons. The number of benzene rings is 1. The molecule has 0 spiro atoms. The molecule has 0 aliphatic heterocycles. The summed E-state index contributed by atoms with van der Waals surface area (Å²) in [6, 6.07) is 1.64. The monoisotopic (exact) mass is 254 g/mol. The molecule has 7 heteroatoms. The van der Waals surface area contributed by atoms with E-state index in [4.69, 9.17) is 16.7 Å². The van der Waals surface area contributed by atoms with Gasteiger partial charge in [-0.15, -0.1) is 11.6 Å². The van der Waals surface area contributed by atoms with Crippen LogP contribution >= 0.6 is 11.6 Å². The highest BCUT2D eigenvalue weighted by molar-refractivity contribution is 6.17. The average Bonchev–Trinajstić information content (AvgIpc) is 2.20. The molecule has 1 rings (SSSR count). The number of hydrogen-bond acceptors (Lipinski definition) is 2. The molecule has 0 aliphatic carbocycles. The van der Waals surface area contributed by atoms with Crippen molar-refractivity contribution in [2.24, 2.45) is 0 Å². The average molecular weight is 255 g/mol. The first-order valence-electron chi connectivity index (χ1n) is 4.02. The van der Waals surface area contributed by atoms with E-state index in [0.717, 1.165) is 6.07 Å². The molecule has 0 saturated carbocycles. The van der Waals surface area contributed by atoms with Crippen molar-refractivity contribution in [1.82, 2.24) is 0 Å². The molecule has 0 heterocycles. The highest BCUT2D eigenvalue weighted by atomic mass is 35.5. The van der Waals surface area contributed by atoms with Crippen LogP contribution in [0.15, 0.2) is 12.1 Å². The molecule has 0 atom stereocenters. The van der Waals surface area contributed by atoms with Crippen LogP contribution in [0.2, 0.25) is 0 Å². The van der Waals surface area contributed by atoms with Gasteiger partial charge in [0.2, 0.25) is 0 Å². The molecule has 0 amide bonds. The van der Waals surface area contributed by atoms with Crippen LogP contribution in [0.3, 0.4) is 0 Å². The Hall–Kier alpha value is -1.43. The number of carbonyl (C=O) groups is 1. The minimum Gasteiger partial charge on any atom is -0.478 e. The zero-order valence-electron chi connectivity index (χ0n) is 7.71. The first-order chi connectivity index (χ1) is 7.45. The van der Waals surface area contributed by atoms with Crippen LogP contribution in [-0.4, -0.2) is 17.7 Å². The van der Waals surface area contributed by atoms with E-state index in [1.807, 2.05) is 0 Å². The molecule has 1 aromatic rings. The Balaban J connectivity index is 3.24. The predicted molar refractivity (Wildman–Crippen MR) is 49.5 cm³/mol. The number of carboxylic acid groups (broad SMARTS) is 1. The van der Waals surface area contributed by atoms with Gasteiger partial charge in [0.1, 0.15) is 0 Å². The number of ether oxygens (including phenoxy) is 1. The third-order valence-electron chi connectivity index (χ3n) is 1.72. The summed E-state index contributed by atoms with van der Waals surface area (Å²) in [5, 5.41) is 8.65. The number of aromatic carboxylic acids is 1. The minimum absolute atomic E-state index is 0.211. The van der Waals surface area contributed by atoms with Gasteiger partial charge in [-0.2, -0.15) is 8.78 Å². The third kappa shape index (κ3) is 2.79. The highest BCUT2D eigenvalue weighted by Gasteiger charge is 2.17. The van der Waals surface area contributed by atoms with Crippen LogP contribution in [-0.2, 0) is 5.88 Å². The summed E-state index contributed by atoms with van der Waals surface area (Å²) < 4.78 is 41.0. The third-order valence-corrected chi connectivity index (χ3v) is 2.01. The van der Waals surface area contributed by atoms with Crippen LogP contribution in [0.4, 0.5) is 13.2 Å². The second-order valence-corrected chi connectivity index (χ2v) is 3.03. The summed E-state index contributed by atoms with van der Waals surface area (Å²) >= 11 is 5.34. The minimum atomic E-state index is -3.23. The molecular formula is C9H6ClF3O3. The molecule has 1 aromatic carbocycles. The molecule has 1 N–H and O–H groups in total. The molecule has 0 unspecified atom stereocenters. The van der Waals surface area contributed by atoms with E-state index < -0.39 is 24.1 Å². The van der Waals surface area contributed by atoms with E-state index in [1.165, 1.54) is 0 Å². The number of rotatable bonds is 4. The maximum atomic E-state index is 13.3. The maximum Gasteiger partial charge on any atom is 0.387 e. The van der Waals surface area contributed by atoms with Gasteiger partial charge in [0, 0.05) is 5.56 Å². The van der Waals surface area contributed by atoms with Crippen molar-refractivity contribution in [3.8, 4) is 5.75 Å². The standard InChI is InChI=1S/C9H6ClF3O3/c10-3-5-1-4(8(14)15)2-6(7(5)11)16-9(12)13/h1-2,9H,3H2,(H,14,15). The van der Waals surface area contributed by atoms with Gasteiger partial charge in [-0.3, -0.25) is 0 Å². The molecule has 0 radical (unpaired) electrons. The van der Waals surface area contributed by atoms with Crippen LogP contribution in [0.1, 0.15) is 15.9 Å². The molecule has 0 aromatic heterocycles. The van der Waals surface area contributed by atoms with Crippen molar-refractivity contribution in [2.75, 3.05) is 0 Å². The topological polar surface area (TPSA) is 46.5 Å². The Morgan fingerprint density at radius 2 is 2.12 bits per heavy atom. The van der Waals surface area contributed by atoms with Crippen LogP contribution in [0, 0.1) is 5.82 Å². The zero-order chi connectivity index (χ0) is 12.3. The fourth-order valence-corrected chi connectivity index (χ4v) is 1.25. The van der Waals surface area contributed by atoms with Gasteiger partial charge in [0.15, 0.2) is 11.6 Å². The summed E-state index contributed by atoms with van der Waals surface area (Å²) in [5.41, 5.74) is -0.579. The van der Waals surface area contributed by atoms with Gasteiger partial charge in [-0.05, 0) is 12.1 Å². The van der Waals surface area contributed by atoms with Gasteiger partial charge < -0.3 is 9.84 Å². The predicted octanol–water partition coefficient (Wildman–Crippen LogP) is 2.86. The van der Waals surface area contributed by atoms with E-state index in [2.05, 4.69) is 4.74 Å². The number of halogens is 4. The van der Waals surface area contributed by atoms with E-state index >= 15 is 0 Å². The van der Waals surface area contributed by atoms with Crippen LogP contribution in [0.5, 0.6) is 5.75 Å². The second-order valence-electron chi connectivity index (χ2n) is 2.76. The summed E-state index contributed by atoms with van der Waals surface area (Å²) in [7, 11) is 0. The van der Waals surface area contributed by atoms with E-state index in [1.54, 1.807) is 0 Å². The molecule has 0 saturated heterocycles. The summed E-state index contributed by atoms with van der Waals surface area (Å²) in [6.45, 7) is -3.23. The lowest BCUT2D eigenvalue weighted by Gasteiger charge is -2.09. The Morgan fingerprint density at radius 3 is 2.56 bits per heavy atom. The van der Waals surface area contributed by atoms with Crippen molar-refractivity contribution in [3.05, 3.63) is 29.1 Å². The van der Waals surface area contributed by atoms with Crippen LogP contribution in [0.25, 0.3) is 0 Å². The summed E-state index contributed by atoms with van der Waals surface area (Å²) in [5.74, 6) is -3.64. The van der Waals surface area contributed by atoms with Crippen LogP contribution < -0.4 is 4.74 Å². The Morgan fingerprint density at radius 1 is 1.50 bits per heavy atom. The van der Waals surface area contributed by atoms with Gasteiger partial charge in [-0.25, -0.2) is 9.18 Å². The Kier molecular flexibility index (Phi) is 4.00. The van der Waals surface area contributed by atoms with Crippen molar-refractivity contribution in [3.63, 3.8) is 0 Å². The number of carboxylic acids is 1. The zero-order valence-corrected chi connectivity index (χ0v) is 8.47. The van der Waals surface area contributed by atoms with E-state index in [-0.39, 0.29) is 17.0 Å². The van der Waals surface area contributed by atoms with E-state index in [9.17, 15) is 18.0 Å². The lowest BCUT2D eigenvalue weighted by molar-refractivity contribution is -0.0523. The molecule has 16 heavy (non-hydrogen) atoms. The number of alkyl halides is 3. The van der Waals surface area contributed by atoms with Gasteiger partial charge in [0.25, 0.3) is 0 Å². The first-order valence-corrected chi connectivity index (χ1v) is 4.55. The summed E-state index contributed by atoms with van der Waals surface area (Å²) in [4.78, 5) is 10.6. The largest absolute Gasteiger partial charge is 0.478 e. The van der Waals surface area contributed by atoms with Gasteiger partial charge >= 0.3 is 12.6 Å². The van der Waals surface area contributed by atoms with Gasteiger partial charge in [0.05, 0.1) is 11.4 Å². The van der Waals surface area contributed by atoms with Crippen molar-refractivity contribution < 1.29 is 27.8 Å². The van der Waals surface area contributed by atoms with Crippen molar-refractivity contribution in [1.29, 1.82) is 0 Å². The fourth-order valence-electron chi connectivity index (χ4n) is 1.06. The second kappa shape index (κ2) is 5.07. The van der Waals surface area contributed by atoms with E-state index in [0.29, 0.717) is 6.07 Å². The lowest BCUT2D eigenvalue weighted by Crippen LogP contribution is -2.07. The number of hydrogen-bond donors (Lipinski definition) is 1. The Bertz CT molecular complexity index is 409. The van der Waals surface area contributed by atoms with Crippen molar-refractivity contribution >= 4 is 17.6 Å². The van der Waals surface area contributed by atoms with Gasteiger partial charge in [-0.1, -0.05) is 0 Å². The highest BCUT2D eigenvalue weighted by Crippen LogP contribution is 2.26. The molecule has 0 aliphatic rings. The Labute approximate surface area is 93.4 Å².